The van der Waals surface area contributed by atoms with Crippen LogP contribution in [-0.4, -0.2) is 28.8 Å². The molecule has 0 aliphatic carbocycles. The van der Waals surface area contributed by atoms with Gasteiger partial charge in [-0.2, -0.15) is 11.8 Å². The topological polar surface area (TPSA) is 71.1 Å². The second-order valence-corrected chi connectivity index (χ2v) is 6.08. The average molecular weight is 339 g/mol. The van der Waals surface area contributed by atoms with E-state index >= 15 is 0 Å². The Bertz CT molecular complexity index is 658. The van der Waals surface area contributed by atoms with E-state index in [1.807, 2.05) is 0 Å². The molecule has 1 aromatic heterocycles. The molecule has 0 saturated heterocycles. The van der Waals surface area contributed by atoms with Crippen LogP contribution in [0, 0.1) is 5.82 Å². The molecular formula is C14H14FN3O2S2. The molecule has 0 unspecified atom stereocenters. The maximum atomic E-state index is 12.9. The number of aromatic nitrogens is 1. The molecule has 0 atom stereocenters. The highest BCUT2D eigenvalue weighted by Crippen LogP contribution is 2.23. The predicted molar refractivity (Wildman–Crippen MR) is 85.9 cm³/mol. The van der Waals surface area contributed by atoms with Crippen molar-refractivity contribution < 1.29 is 14.0 Å². The summed E-state index contributed by atoms with van der Waals surface area (Å²) in [7, 11) is 0. The SMILES string of the molecule is CSCC(=O)NNC(=O)Cc1csc(-c2ccc(F)cc2)n1. The molecule has 1 aromatic carbocycles. The second-order valence-electron chi connectivity index (χ2n) is 4.36. The van der Waals surface area contributed by atoms with Crippen LogP contribution in [0.15, 0.2) is 29.6 Å². The summed E-state index contributed by atoms with van der Waals surface area (Å²) in [6, 6.07) is 6.01. The van der Waals surface area contributed by atoms with Gasteiger partial charge in [-0.1, -0.05) is 0 Å². The van der Waals surface area contributed by atoms with Crippen LogP contribution in [0.4, 0.5) is 4.39 Å². The second kappa shape index (κ2) is 7.90. The third kappa shape index (κ3) is 4.81. The Kier molecular flexibility index (Phi) is 5.91. The number of thioether (sulfide) groups is 1. The molecule has 0 saturated carbocycles. The molecule has 8 heteroatoms. The Morgan fingerprint density at radius 2 is 1.91 bits per heavy atom. The van der Waals surface area contributed by atoms with E-state index in [9.17, 15) is 14.0 Å². The number of nitrogens with zero attached hydrogens (tertiary/aromatic N) is 1. The Balaban J connectivity index is 1.90. The van der Waals surface area contributed by atoms with Crippen LogP contribution < -0.4 is 10.9 Å². The van der Waals surface area contributed by atoms with E-state index in [4.69, 9.17) is 0 Å². The van der Waals surface area contributed by atoms with Crippen molar-refractivity contribution in [2.45, 2.75) is 6.42 Å². The Labute approximate surface area is 135 Å². The van der Waals surface area contributed by atoms with Crippen LogP contribution in [0.1, 0.15) is 5.69 Å². The summed E-state index contributed by atoms with van der Waals surface area (Å²) in [4.78, 5) is 27.3. The number of hydrazine groups is 1. The van der Waals surface area contributed by atoms with Gasteiger partial charge in [-0.15, -0.1) is 11.3 Å². The van der Waals surface area contributed by atoms with Crippen LogP contribution in [0.5, 0.6) is 0 Å². The van der Waals surface area contributed by atoms with Crippen molar-refractivity contribution in [3.8, 4) is 10.6 Å². The van der Waals surface area contributed by atoms with E-state index < -0.39 is 0 Å². The number of amides is 2. The lowest BCUT2D eigenvalue weighted by molar-refractivity contribution is -0.127. The molecule has 0 aliphatic rings. The van der Waals surface area contributed by atoms with E-state index in [1.54, 1.807) is 23.8 Å². The van der Waals surface area contributed by atoms with Gasteiger partial charge in [0.15, 0.2) is 0 Å². The maximum Gasteiger partial charge on any atom is 0.248 e. The molecule has 0 aliphatic heterocycles. The Morgan fingerprint density at radius 1 is 1.23 bits per heavy atom. The largest absolute Gasteiger partial charge is 0.273 e. The van der Waals surface area contributed by atoms with Gasteiger partial charge in [0.25, 0.3) is 0 Å². The van der Waals surface area contributed by atoms with Gasteiger partial charge < -0.3 is 0 Å². The lowest BCUT2D eigenvalue weighted by atomic mass is 10.2. The highest BCUT2D eigenvalue weighted by atomic mass is 32.2. The van der Waals surface area contributed by atoms with Gasteiger partial charge in [0, 0.05) is 10.9 Å². The summed E-state index contributed by atoms with van der Waals surface area (Å²) in [5.74, 6) is -0.622. The number of benzene rings is 1. The molecule has 2 amide bonds. The van der Waals surface area contributed by atoms with Crippen molar-refractivity contribution in [3.63, 3.8) is 0 Å². The first kappa shape index (κ1) is 16.4. The van der Waals surface area contributed by atoms with Gasteiger partial charge in [0.2, 0.25) is 11.8 Å². The predicted octanol–water partition coefficient (Wildman–Crippen LogP) is 2.00. The first-order valence-electron chi connectivity index (χ1n) is 6.35. The molecular weight excluding hydrogens is 325 g/mol. The number of carbonyl (C=O) groups is 2. The first-order chi connectivity index (χ1) is 10.6. The summed E-state index contributed by atoms with van der Waals surface area (Å²) in [5.41, 5.74) is 6.05. The third-order valence-electron chi connectivity index (χ3n) is 2.60. The fraction of sp³-hybridized carbons (Fsp3) is 0.214. The summed E-state index contributed by atoms with van der Waals surface area (Å²) >= 11 is 2.75. The minimum atomic E-state index is -0.342. The number of thiazole rings is 1. The van der Waals surface area contributed by atoms with E-state index in [-0.39, 0.29) is 29.8 Å². The number of nitrogens with one attached hydrogen (secondary N) is 2. The molecule has 2 aromatic rings. The molecule has 0 radical (unpaired) electrons. The molecule has 0 fully saturated rings. The molecule has 0 bridgehead atoms. The quantitative estimate of drug-likeness (QED) is 0.818. The van der Waals surface area contributed by atoms with Crippen LogP contribution in [-0.2, 0) is 16.0 Å². The number of halogens is 1. The average Bonchev–Trinajstić information content (AvgIpc) is 2.95. The summed E-state index contributed by atoms with van der Waals surface area (Å²) in [6.07, 6.45) is 1.87. The van der Waals surface area contributed by atoms with E-state index in [0.717, 1.165) is 5.56 Å². The zero-order chi connectivity index (χ0) is 15.9. The van der Waals surface area contributed by atoms with Crippen molar-refractivity contribution in [2.75, 3.05) is 12.0 Å². The van der Waals surface area contributed by atoms with Gasteiger partial charge in [-0.3, -0.25) is 20.4 Å². The highest BCUT2D eigenvalue weighted by molar-refractivity contribution is 7.99. The lowest BCUT2D eigenvalue weighted by Crippen LogP contribution is -2.43. The molecule has 2 rings (SSSR count). The van der Waals surface area contributed by atoms with E-state index in [1.165, 1.54) is 35.2 Å². The summed E-state index contributed by atoms with van der Waals surface area (Å²) < 4.78 is 12.9. The Hall–Kier alpha value is -1.93. The number of hydrogen-bond acceptors (Lipinski definition) is 5. The zero-order valence-corrected chi connectivity index (χ0v) is 13.4. The van der Waals surface area contributed by atoms with Crippen molar-refractivity contribution >= 4 is 34.9 Å². The smallest absolute Gasteiger partial charge is 0.248 e. The fourth-order valence-electron chi connectivity index (χ4n) is 1.63. The fourth-order valence-corrected chi connectivity index (χ4v) is 2.79. The summed E-state index contributed by atoms with van der Waals surface area (Å²) in [5, 5.41) is 2.48. The van der Waals surface area contributed by atoms with Crippen molar-refractivity contribution in [1.82, 2.24) is 15.8 Å². The van der Waals surface area contributed by atoms with Crippen molar-refractivity contribution in [2.24, 2.45) is 0 Å². The molecule has 0 spiro atoms. The van der Waals surface area contributed by atoms with Gasteiger partial charge in [0.05, 0.1) is 17.9 Å². The summed E-state index contributed by atoms with van der Waals surface area (Å²) in [6.45, 7) is 0. The Morgan fingerprint density at radius 3 is 2.59 bits per heavy atom. The van der Waals surface area contributed by atoms with Crippen molar-refractivity contribution in [3.05, 3.63) is 41.2 Å². The van der Waals surface area contributed by atoms with Gasteiger partial charge in [-0.05, 0) is 30.5 Å². The van der Waals surface area contributed by atoms with Crippen molar-refractivity contribution in [1.29, 1.82) is 0 Å². The van der Waals surface area contributed by atoms with Crippen LogP contribution >= 0.6 is 23.1 Å². The minimum Gasteiger partial charge on any atom is -0.273 e. The van der Waals surface area contributed by atoms with Gasteiger partial charge in [0.1, 0.15) is 10.8 Å². The van der Waals surface area contributed by atoms with Gasteiger partial charge >= 0.3 is 0 Å². The van der Waals surface area contributed by atoms with E-state index in [2.05, 4.69) is 15.8 Å². The molecule has 5 nitrogen and oxygen atoms in total. The number of hydrogen-bond donors (Lipinski definition) is 2. The van der Waals surface area contributed by atoms with Crippen LogP contribution in [0.25, 0.3) is 10.6 Å². The monoisotopic (exact) mass is 339 g/mol. The maximum absolute atomic E-state index is 12.9. The standard InChI is InChI=1S/C14H14FN3O2S2/c1-21-8-13(20)18-17-12(19)6-11-7-22-14(16-11)9-2-4-10(15)5-3-9/h2-5,7H,6,8H2,1H3,(H,17,19)(H,18,20). The van der Waals surface area contributed by atoms with Crippen LogP contribution in [0.3, 0.4) is 0 Å². The number of carbonyl (C=O) groups excluding carboxylic acids is 2. The third-order valence-corrected chi connectivity index (χ3v) is 4.09. The molecule has 2 N–H and O–H groups in total. The minimum absolute atomic E-state index is 0.0667. The van der Waals surface area contributed by atoms with Crippen LogP contribution in [0.2, 0.25) is 0 Å². The molecule has 22 heavy (non-hydrogen) atoms. The highest BCUT2D eigenvalue weighted by Gasteiger charge is 2.10. The van der Waals surface area contributed by atoms with E-state index in [0.29, 0.717) is 10.7 Å². The molecule has 116 valence electrons. The first-order valence-corrected chi connectivity index (χ1v) is 8.63. The number of rotatable bonds is 5. The molecule has 1 heterocycles. The lowest BCUT2D eigenvalue weighted by Gasteiger charge is -2.05. The zero-order valence-electron chi connectivity index (χ0n) is 11.8. The normalized spacial score (nSPS) is 10.3. The van der Waals surface area contributed by atoms with Gasteiger partial charge in [-0.25, -0.2) is 9.37 Å².